The minimum atomic E-state index is -5.66. The third-order valence-corrected chi connectivity index (χ3v) is 9.32. The van der Waals surface area contributed by atoms with Gasteiger partial charge in [0.15, 0.2) is 23.7 Å². The number of anilines is 1. The van der Waals surface area contributed by atoms with Crippen molar-refractivity contribution in [3.05, 3.63) is 16.7 Å². The van der Waals surface area contributed by atoms with Crippen LogP contribution in [0.2, 0.25) is 0 Å². The first-order chi connectivity index (χ1) is 20.7. The highest BCUT2D eigenvalue weighted by molar-refractivity contribution is 7.61. The Balaban J connectivity index is 1.37. The van der Waals surface area contributed by atoms with Crippen molar-refractivity contribution in [1.82, 2.24) is 24.8 Å². The number of fused-ring (bicyclic) bond motifs is 1. The lowest BCUT2D eigenvalue weighted by Crippen LogP contribution is -2.60. The van der Waals surface area contributed by atoms with E-state index in [-0.39, 0.29) is 17.1 Å². The van der Waals surface area contributed by atoms with Crippen LogP contribution >= 0.6 is 15.6 Å². The van der Waals surface area contributed by atoms with Gasteiger partial charge in [-0.3, -0.25) is 28.2 Å². The molecule has 4 heterocycles. The smallest absolute Gasteiger partial charge is 0.388 e. The van der Waals surface area contributed by atoms with Crippen LogP contribution in [0.4, 0.5) is 5.95 Å². The molecule has 2 aromatic rings. The number of carbonyl (C=O) groups is 1. The molecule has 4 rings (SSSR count). The summed E-state index contributed by atoms with van der Waals surface area (Å²) in [5.74, 6) is -0.757. The van der Waals surface area contributed by atoms with Crippen LogP contribution in [0.25, 0.3) is 11.2 Å². The highest BCUT2D eigenvalue weighted by atomic mass is 31.3. The summed E-state index contributed by atoms with van der Waals surface area (Å²) < 4.78 is 50.3. The molecule has 0 aromatic carbocycles. The van der Waals surface area contributed by atoms with Crippen LogP contribution in [0.1, 0.15) is 27.0 Å². The Labute approximate surface area is 252 Å². The minimum absolute atomic E-state index is 0.118. The first kappa shape index (κ1) is 35.5. The number of hydrogen-bond donors (Lipinski definition) is 10. The van der Waals surface area contributed by atoms with Gasteiger partial charge < -0.3 is 55.8 Å². The molecule has 254 valence electrons. The highest BCUT2D eigenvalue weighted by Crippen LogP contribution is 2.61. The molecule has 0 bridgehead atoms. The molecule has 1 amide bonds. The largest absolute Gasteiger partial charge is 0.483 e. The number of aromatic nitrogens is 4. The van der Waals surface area contributed by atoms with E-state index in [1.807, 2.05) is 0 Å². The number of nitrogen functional groups attached to an aromatic ring is 1. The molecular formula is C21H34N6O16P2. The molecule has 0 spiro atoms. The SMILES string of the molecule is CC(C)(C)C(=O)NCC1OC(OP(=O)(O)OP(=O)(O)OCC2OC(n3cnc4c(=O)[nH]c(N)nc43)C(O)C2O)C(O)C(O)C1O. The highest BCUT2D eigenvalue weighted by Gasteiger charge is 2.50. The molecule has 11 unspecified atom stereocenters. The predicted molar refractivity (Wildman–Crippen MR) is 145 cm³/mol. The monoisotopic (exact) mass is 688 g/mol. The second kappa shape index (κ2) is 13.0. The molecule has 45 heavy (non-hydrogen) atoms. The van der Waals surface area contributed by atoms with E-state index in [1.165, 1.54) is 0 Å². The molecule has 11 N–H and O–H groups in total. The summed E-state index contributed by atoms with van der Waals surface area (Å²) in [6, 6.07) is 0. The zero-order valence-electron chi connectivity index (χ0n) is 23.8. The molecule has 2 saturated heterocycles. The maximum absolute atomic E-state index is 12.6. The summed E-state index contributed by atoms with van der Waals surface area (Å²) in [5, 5.41) is 53.9. The molecule has 0 radical (unpaired) electrons. The standard InChI is InChI=1S/C21H34N6O16P2/c1-21(2,3)19(34)23-4-7-10(28)12(30)14(32)18(41-7)42-45(37,38)43-44(35,36)39-5-8-11(29)13(31)17(40-8)27-6-24-9-15(27)25-20(22)26-16(9)33/h6-8,10-14,17-18,28-32H,4-5H2,1-3H3,(H,23,34)(H,35,36)(H,37,38)(H3,22,25,26,33). The zero-order chi connectivity index (χ0) is 33.6. The van der Waals surface area contributed by atoms with Crippen LogP contribution in [0.5, 0.6) is 0 Å². The van der Waals surface area contributed by atoms with E-state index in [9.17, 15) is 54.0 Å². The topological polar surface area (TPSA) is 341 Å². The lowest BCUT2D eigenvalue weighted by molar-refractivity contribution is -0.274. The average Bonchev–Trinajstić information content (AvgIpc) is 3.46. The maximum atomic E-state index is 12.6. The van der Waals surface area contributed by atoms with E-state index in [0.29, 0.717) is 0 Å². The summed E-state index contributed by atoms with van der Waals surface area (Å²) in [7, 11) is -11.2. The number of aliphatic hydroxyl groups is 5. The number of rotatable bonds is 10. The Morgan fingerprint density at radius 3 is 2.33 bits per heavy atom. The second-order valence-corrected chi connectivity index (χ2v) is 14.2. The second-order valence-electron chi connectivity index (χ2n) is 11.2. The van der Waals surface area contributed by atoms with Crippen molar-refractivity contribution in [3.63, 3.8) is 0 Å². The number of nitrogens with one attached hydrogen (secondary N) is 2. The fraction of sp³-hybridized carbons (Fsp3) is 0.714. The van der Waals surface area contributed by atoms with Crippen molar-refractivity contribution in [3.8, 4) is 0 Å². The fourth-order valence-electron chi connectivity index (χ4n) is 4.33. The Bertz CT molecular complexity index is 1550. The number of H-pyrrole nitrogens is 1. The maximum Gasteiger partial charge on any atom is 0.483 e. The normalized spacial score (nSPS) is 33.5. The van der Waals surface area contributed by atoms with Gasteiger partial charge in [-0.15, -0.1) is 0 Å². The Hall–Kier alpha value is -2.40. The van der Waals surface area contributed by atoms with E-state index >= 15 is 0 Å². The Kier molecular flexibility index (Phi) is 10.3. The van der Waals surface area contributed by atoms with Gasteiger partial charge in [-0.1, -0.05) is 20.8 Å². The number of nitrogens with two attached hydrogens (primary N) is 1. The van der Waals surface area contributed by atoms with Gasteiger partial charge in [0.25, 0.3) is 5.56 Å². The molecular weight excluding hydrogens is 654 g/mol. The van der Waals surface area contributed by atoms with E-state index < -0.39 is 101 Å². The van der Waals surface area contributed by atoms with Crippen LogP contribution in [-0.4, -0.2) is 123 Å². The average molecular weight is 688 g/mol. The number of phosphoric ester groups is 2. The van der Waals surface area contributed by atoms with Gasteiger partial charge in [-0.05, 0) is 0 Å². The van der Waals surface area contributed by atoms with Crippen LogP contribution in [0, 0.1) is 5.41 Å². The molecule has 2 aliphatic heterocycles. The van der Waals surface area contributed by atoms with Crippen molar-refractivity contribution in [1.29, 1.82) is 0 Å². The number of phosphoric acid groups is 2. The quantitative estimate of drug-likeness (QED) is 0.108. The minimum Gasteiger partial charge on any atom is -0.388 e. The molecule has 0 saturated carbocycles. The number of imidazole rings is 1. The molecule has 2 aliphatic rings. The number of nitrogens with zero attached hydrogens (tertiary/aromatic N) is 3. The third kappa shape index (κ3) is 7.95. The Morgan fingerprint density at radius 2 is 1.69 bits per heavy atom. The first-order valence-electron chi connectivity index (χ1n) is 13.1. The lowest BCUT2D eigenvalue weighted by atomic mass is 9.95. The molecule has 2 aromatic heterocycles. The summed E-state index contributed by atoms with van der Waals surface area (Å²) in [6.07, 6.45) is -15.0. The first-order valence-corrected chi connectivity index (χ1v) is 16.1. The van der Waals surface area contributed by atoms with E-state index in [1.54, 1.807) is 20.8 Å². The van der Waals surface area contributed by atoms with Crippen LogP contribution in [0.3, 0.4) is 0 Å². The molecule has 11 atom stereocenters. The van der Waals surface area contributed by atoms with Gasteiger partial charge in [0.1, 0.15) is 42.7 Å². The number of amides is 1. The van der Waals surface area contributed by atoms with E-state index in [2.05, 4.69) is 33.6 Å². The number of hydrogen-bond acceptors (Lipinski definition) is 17. The molecule has 24 heteroatoms. The van der Waals surface area contributed by atoms with Crippen LogP contribution in [-0.2, 0) is 36.8 Å². The van der Waals surface area contributed by atoms with Gasteiger partial charge in [-0.25, -0.2) is 14.1 Å². The van der Waals surface area contributed by atoms with Crippen molar-refractivity contribution >= 4 is 38.7 Å². The number of carbonyl (C=O) groups excluding carboxylic acids is 1. The number of aromatic amines is 1. The van der Waals surface area contributed by atoms with Crippen LogP contribution in [0.15, 0.2) is 11.1 Å². The summed E-state index contributed by atoms with van der Waals surface area (Å²) in [6.45, 7) is 3.36. The van der Waals surface area contributed by atoms with Gasteiger partial charge in [0.05, 0.1) is 12.9 Å². The molecule has 2 fully saturated rings. The third-order valence-electron chi connectivity index (χ3n) is 6.72. The predicted octanol–water partition coefficient (Wildman–Crippen LogP) is -3.46. The van der Waals surface area contributed by atoms with Gasteiger partial charge >= 0.3 is 15.6 Å². The van der Waals surface area contributed by atoms with Crippen molar-refractivity contribution in [2.45, 2.75) is 76.0 Å². The summed E-state index contributed by atoms with van der Waals surface area (Å²) in [5.41, 5.74) is 3.72. The van der Waals surface area contributed by atoms with Gasteiger partial charge in [-0.2, -0.15) is 9.29 Å². The van der Waals surface area contributed by atoms with Crippen LogP contribution < -0.4 is 16.6 Å². The fourth-order valence-corrected chi connectivity index (χ4v) is 6.49. The summed E-state index contributed by atoms with van der Waals surface area (Å²) >= 11 is 0. The Morgan fingerprint density at radius 1 is 1.04 bits per heavy atom. The number of ether oxygens (including phenoxy) is 2. The van der Waals surface area contributed by atoms with E-state index in [4.69, 9.17) is 15.2 Å². The van der Waals surface area contributed by atoms with Gasteiger partial charge in [0.2, 0.25) is 11.9 Å². The number of aliphatic hydroxyl groups excluding tert-OH is 5. The van der Waals surface area contributed by atoms with Crippen molar-refractivity contribution in [2.24, 2.45) is 5.41 Å². The molecule has 0 aliphatic carbocycles. The zero-order valence-corrected chi connectivity index (χ0v) is 25.6. The van der Waals surface area contributed by atoms with E-state index in [0.717, 1.165) is 10.9 Å². The summed E-state index contributed by atoms with van der Waals surface area (Å²) in [4.78, 5) is 54.3. The van der Waals surface area contributed by atoms with Crippen molar-refractivity contribution in [2.75, 3.05) is 18.9 Å². The lowest BCUT2D eigenvalue weighted by Gasteiger charge is -2.40. The van der Waals surface area contributed by atoms with Gasteiger partial charge in [0, 0.05) is 12.0 Å². The van der Waals surface area contributed by atoms with Crippen molar-refractivity contribution < 1.29 is 72.1 Å². The molecule has 22 nitrogen and oxygen atoms in total.